The van der Waals surface area contributed by atoms with Gasteiger partial charge in [-0.05, 0) is 30.3 Å². The zero-order valence-electron chi connectivity index (χ0n) is 10.6. The van der Waals surface area contributed by atoms with E-state index in [1.165, 1.54) is 18.2 Å². The molecular weight excluding hydrogens is 299 g/mol. The minimum Gasteiger partial charge on any atom is -0.478 e. The Labute approximate surface area is 124 Å². The summed E-state index contributed by atoms with van der Waals surface area (Å²) in [5, 5.41) is 13.9. The number of nitrogens with one attached hydrogen (secondary N) is 2. The van der Waals surface area contributed by atoms with E-state index in [1.807, 2.05) is 0 Å². The van der Waals surface area contributed by atoms with Crippen LogP contribution in [0.4, 0.5) is 20.6 Å². The molecule has 0 saturated carbocycles. The Kier molecular flexibility index (Phi) is 4.39. The number of hydrogen-bond donors (Lipinski definition) is 3. The number of carboxylic acid groups (broad SMARTS) is 1. The fourth-order valence-electron chi connectivity index (χ4n) is 1.65. The van der Waals surface area contributed by atoms with Crippen molar-refractivity contribution in [3.63, 3.8) is 0 Å². The van der Waals surface area contributed by atoms with Crippen LogP contribution in [0, 0.1) is 5.82 Å². The van der Waals surface area contributed by atoms with Crippen LogP contribution in [0.3, 0.4) is 0 Å². The summed E-state index contributed by atoms with van der Waals surface area (Å²) in [7, 11) is 0. The average Bonchev–Trinajstić information content (AvgIpc) is 2.42. The quantitative estimate of drug-likeness (QED) is 0.806. The predicted octanol–water partition coefficient (Wildman–Crippen LogP) is 3.82. The van der Waals surface area contributed by atoms with E-state index < -0.39 is 17.8 Å². The molecule has 0 aliphatic carbocycles. The van der Waals surface area contributed by atoms with Crippen LogP contribution in [-0.2, 0) is 0 Å². The van der Waals surface area contributed by atoms with E-state index in [4.69, 9.17) is 16.7 Å². The molecule has 0 aliphatic heterocycles. The van der Waals surface area contributed by atoms with Crippen molar-refractivity contribution >= 4 is 35.0 Å². The molecule has 7 heteroatoms. The Morgan fingerprint density at radius 3 is 2.38 bits per heavy atom. The maximum absolute atomic E-state index is 12.9. The summed E-state index contributed by atoms with van der Waals surface area (Å²) in [6.45, 7) is 0. The number of aromatic carboxylic acids is 1. The first-order valence-corrected chi connectivity index (χ1v) is 6.20. The largest absolute Gasteiger partial charge is 0.478 e. The molecule has 0 saturated heterocycles. The highest BCUT2D eigenvalue weighted by Crippen LogP contribution is 2.23. The third-order valence-corrected chi connectivity index (χ3v) is 2.90. The standard InChI is InChI=1S/C14H10ClFN2O3/c15-10-7-8(16)5-6-12(10)18-14(21)17-11-4-2-1-3-9(11)13(19)20/h1-7H,(H,19,20)(H2,17,18,21). The zero-order chi connectivity index (χ0) is 15.4. The molecule has 0 bridgehead atoms. The van der Waals surface area contributed by atoms with Crippen LogP contribution in [0.2, 0.25) is 5.02 Å². The molecule has 0 aromatic heterocycles. The number of rotatable bonds is 3. The van der Waals surface area contributed by atoms with Gasteiger partial charge in [0, 0.05) is 0 Å². The lowest BCUT2D eigenvalue weighted by molar-refractivity contribution is 0.0698. The fourth-order valence-corrected chi connectivity index (χ4v) is 1.86. The molecule has 0 heterocycles. The zero-order valence-corrected chi connectivity index (χ0v) is 11.3. The fraction of sp³-hybridized carbons (Fsp3) is 0. The number of halogens is 2. The van der Waals surface area contributed by atoms with Gasteiger partial charge >= 0.3 is 12.0 Å². The molecule has 2 amide bonds. The molecule has 3 N–H and O–H groups in total. The molecule has 0 unspecified atom stereocenters. The van der Waals surface area contributed by atoms with E-state index in [1.54, 1.807) is 12.1 Å². The van der Waals surface area contributed by atoms with E-state index in [2.05, 4.69) is 10.6 Å². The summed E-state index contributed by atoms with van der Waals surface area (Å²) in [6.07, 6.45) is 0. The first-order chi connectivity index (χ1) is 9.97. The van der Waals surface area contributed by atoms with E-state index >= 15 is 0 Å². The maximum Gasteiger partial charge on any atom is 0.337 e. The van der Waals surface area contributed by atoms with Gasteiger partial charge in [-0.1, -0.05) is 23.7 Å². The van der Waals surface area contributed by atoms with Crippen molar-refractivity contribution in [2.24, 2.45) is 0 Å². The van der Waals surface area contributed by atoms with Gasteiger partial charge in [-0.2, -0.15) is 0 Å². The molecule has 0 aliphatic rings. The summed E-state index contributed by atoms with van der Waals surface area (Å²) in [6, 6.07) is 8.78. The Balaban J connectivity index is 2.14. The molecular formula is C14H10ClFN2O3. The molecule has 2 aromatic carbocycles. The Morgan fingerprint density at radius 2 is 1.71 bits per heavy atom. The van der Waals surface area contributed by atoms with Crippen LogP contribution < -0.4 is 10.6 Å². The smallest absolute Gasteiger partial charge is 0.337 e. The normalized spacial score (nSPS) is 10.0. The van der Waals surface area contributed by atoms with Gasteiger partial charge in [0.05, 0.1) is 22.0 Å². The van der Waals surface area contributed by atoms with Gasteiger partial charge in [0.25, 0.3) is 0 Å². The number of benzene rings is 2. The number of carbonyl (C=O) groups excluding carboxylic acids is 1. The van der Waals surface area contributed by atoms with Gasteiger partial charge in [-0.3, -0.25) is 0 Å². The van der Waals surface area contributed by atoms with E-state index in [0.717, 1.165) is 12.1 Å². The predicted molar refractivity (Wildman–Crippen MR) is 77.5 cm³/mol. The molecule has 5 nitrogen and oxygen atoms in total. The Morgan fingerprint density at radius 1 is 1.05 bits per heavy atom. The van der Waals surface area contributed by atoms with Crippen molar-refractivity contribution in [1.29, 1.82) is 0 Å². The summed E-state index contributed by atoms with van der Waals surface area (Å²) in [4.78, 5) is 22.8. The number of amides is 2. The molecule has 21 heavy (non-hydrogen) atoms. The molecule has 108 valence electrons. The number of urea groups is 1. The van der Waals surface area contributed by atoms with Crippen molar-refractivity contribution < 1.29 is 19.1 Å². The summed E-state index contributed by atoms with van der Waals surface area (Å²) < 4.78 is 12.9. The summed E-state index contributed by atoms with van der Waals surface area (Å²) >= 11 is 5.78. The van der Waals surface area contributed by atoms with Gasteiger partial charge in [-0.15, -0.1) is 0 Å². The van der Waals surface area contributed by atoms with E-state index in [-0.39, 0.29) is 22.0 Å². The van der Waals surface area contributed by atoms with E-state index in [0.29, 0.717) is 0 Å². The van der Waals surface area contributed by atoms with Crippen molar-refractivity contribution in [3.8, 4) is 0 Å². The van der Waals surface area contributed by atoms with Gasteiger partial charge in [0.1, 0.15) is 5.82 Å². The maximum atomic E-state index is 12.9. The Hall–Kier alpha value is -2.60. The lowest BCUT2D eigenvalue weighted by Gasteiger charge is -2.10. The third kappa shape index (κ3) is 3.70. The molecule has 0 atom stereocenters. The first kappa shape index (κ1) is 14.8. The monoisotopic (exact) mass is 308 g/mol. The average molecular weight is 309 g/mol. The van der Waals surface area contributed by atoms with Crippen LogP contribution >= 0.6 is 11.6 Å². The van der Waals surface area contributed by atoms with Gasteiger partial charge in [0.2, 0.25) is 0 Å². The third-order valence-electron chi connectivity index (χ3n) is 2.59. The van der Waals surface area contributed by atoms with Gasteiger partial charge < -0.3 is 15.7 Å². The molecule has 0 radical (unpaired) electrons. The van der Waals surface area contributed by atoms with E-state index in [9.17, 15) is 14.0 Å². The summed E-state index contributed by atoms with van der Waals surface area (Å²) in [5.41, 5.74) is 0.307. The Bertz CT molecular complexity index is 706. The van der Waals surface area contributed by atoms with Crippen LogP contribution in [0.15, 0.2) is 42.5 Å². The van der Waals surface area contributed by atoms with Crippen LogP contribution in [-0.4, -0.2) is 17.1 Å². The lowest BCUT2D eigenvalue weighted by atomic mass is 10.2. The second-order valence-electron chi connectivity index (χ2n) is 4.05. The van der Waals surface area contributed by atoms with Gasteiger partial charge in [0.15, 0.2) is 0 Å². The number of hydrogen-bond acceptors (Lipinski definition) is 2. The highest BCUT2D eigenvalue weighted by atomic mass is 35.5. The minimum absolute atomic E-state index is 0.0386. The molecule has 2 aromatic rings. The van der Waals surface area contributed by atoms with Crippen LogP contribution in [0.5, 0.6) is 0 Å². The highest BCUT2D eigenvalue weighted by Gasteiger charge is 2.12. The number of para-hydroxylation sites is 1. The number of carboxylic acids is 1. The number of carbonyl (C=O) groups is 2. The molecule has 0 spiro atoms. The second kappa shape index (κ2) is 6.23. The van der Waals surface area contributed by atoms with Crippen molar-refractivity contribution in [2.75, 3.05) is 10.6 Å². The SMILES string of the molecule is O=C(Nc1ccc(F)cc1Cl)Nc1ccccc1C(=O)O. The highest BCUT2D eigenvalue weighted by molar-refractivity contribution is 6.33. The lowest BCUT2D eigenvalue weighted by Crippen LogP contribution is -2.21. The van der Waals surface area contributed by atoms with Crippen molar-refractivity contribution in [2.45, 2.75) is 0 Å². The van der Waals surface area contributed by atoms with Gasteiger partial charge in [-0.25, -0.2) is 14.0 Å². The molecule has 2 rings (SSSR count). The van der Waals surface area contributed by atoms with Crippen molar-refractivity contribution in [3.05, 3.63) is 58.9 Å². The number of anilines is 2. The van der Waals surface area contributed by atoms with Crippen molar-refractivity contribution in [1.82, 2.24) is 0 Å². The van der Waals surface area contributed by atoms with Crippen LogP contribution in [0.1, 0.15) is 10.4 Å². The van der Waals surface area contributed by atoms with Crippen LogP contribution in [0.25, 0.3) is 0 Å². The second-order valence-corrected chi connectivity index (χ2v) is 4.46. The first-order valence-electron chi connectivity index (χ1n) is 5.83. The topological polar surface area (TPSA) is 78.4 Å². The summed E-state index contributed by atoms with van der Waals surface area (Å²) in [5.74, 6) is -1.69. The molecule has 0 fully saturated rings. The minimum atomic E-state index is -1.16.